The Morgan fingerprint density at radius 2 is 1.45 bits per heavy atom. The summed E-state index contributed by atoms with van der Waals surface area (Å²) in [4.78, 5) is 33.6. The number of carbonyl (C=O) groups excluding carboxylic acids is 2. The molecule has 1 unspecified atom stereocenters. The fourth-order valence-electron chi connectivity index (χ4n) is 2.57. The molecule has 29 heavy (non-hydrogen) atoms. The summed E-state index contributed by atoms with van der Waals surface area (Å²) in [6.45, 7) is 4.90. The van der Waals surface area contributed by atoms with Crippen molar-refractivity contribution in [2.45, 2.75) is 36.6 Å². The van der Waals surface area contributed by atoms with Gasteiger partial charge in [0.05, 0.1) is 14.7 Å². The number of rotatable bonds is 7. The van der Waals surface area contributed by atoms with Gasteiger partial charge in [0.2, 0.25) is 21.7 Å². The zero-order valence-electron chi connectivity index (χ0n) is 16.1. The van der Waals surface area contributed by atoms with Crippen molar-refractivity contribution >= 4 is 33.0 Å². The van der Waals surface area contributed by atoms with Crippen LogP contribution >= 0.6 is 0 Å². The van der Waals surface area contributed by atoms with Crippen LogP contribution in [0.1, 0.15) is 20.8 Å². The van der Waals surface area contributed by atoms with Crippen molar-refractivity contribution in [1.29, 1.82) is 0 Å². The van der Waals surface area contributed by atoms with Crippen molar-refractivity contribution in [1.82, 2.24) is 5.32 Å². The summed E-state index contributed by atoms with van der Waals surface area (Å²) in [7, 11) is -3.86. The minimum Gasteiger partial charge on any atom is -0.344 e. The number of hydrogen-bond acceptors (Lipinski definition) is 6. The maximum absolute atomic E-state index is 12.7. The number of amides is 2. The van der Waals surface area contributed by atoms with Crippen LogP contribution in [0, 0.1) is 16.0 Å². The molecule has 0 aliphatic heterocycles. The summed E-state index contributed by atoms with van der Waals surface area (Å²) in [5.41, 5.74) is 0.162. The Kier molecular flexibility index (Phi) is 6.70. The molecule has 0 aliphatic carbocycles. The van der Waals surface area contributed by atoms with Gasteiger partial charge in [-0.15, -0.1) is 0 Å². The van der Waals surface area contributed by atoms with E-state index in [9.17, 15) is 28.1 Å². The second kappa shape index (κ2) is 8.82. The molecule has 2 amide bonds. The predicted molar refractivity (Wildman–Crippen MR) is 106 cm³/mol. The molecule has 0 spiro atoms. The minimum absolute atomic E-state index is 0.0216. The third-order valence-electron chi connectivity index (χ3n) is 4.10. The Bertz CT molecular complexity index is 1010. The van der Waals surface area contributed by atoms with E-state index in [0.717, 1.165) is 12.1 Å². The van der Waals surface area contributed by atoms with Crippen LogP contribution in [0.5, 0.6) is 0 Å². The van der Waals surface area contributed by atoms with E-state index in [1.807, 2.05) is 0 Å². The minimum atomic E-state index is -3.86. The summed E-state index contributed by atoms with van der Waals surface area (Å²) in [5.74, 6) is -0.884. The summed E-state index contributed by atoms with van der Waals surface area (Å²) < 4.78 is 25.3. The van der Waals surface area contributed by atoms with Gasteiger partial charge in [-0.05, 0) is 42.3 Å². The van der Waals surface area contributed by atoms with Crippen molar-refractivity contribution in [2.24, 2.45) is 5.92 Å². The Morgan fingerprint density at radius 3 is 1.86 bits per heavy atom. The van der Waals surface area contributed by atoms with Crippen molar-refractivity contribution in [3.05, 3.63) is 58.6 Å². The highest BCUT2D eigenvalue weighted by atomic mass is 32.2. The Morgan fingerprint density at radius 1 is 0.966 bits per heavy atom. The molecular weight excluding hydrogens is 398 g/mol. The zero-order chi connectivity index (χ0) is 21.8. The number of anilines is 1. The molecule has 2 rings (SSSR count). The molecule has 2 aromatic rings. The fourth-order valence-corrected chi connectivity index (χ4v) is 3.84. The quantitative estimate of drug-likeness (QED) is 0.523. The number of hydrogen-bond donors (Lipinski definition) is 2. The average molecular weight is 419 g/mol. The number of nitro benzene ring substituents is 1. The highest BCUT2D eigenvalue weighted by Crippen LogP contribution is 2.24. The second-order valence-corrected chi connectivity index (χ2v) is 8.64. The van der Waals surface area contributed by atoms with Crippen LogP contribution in [-0.4, -0.2) is 31.2 Å². The molecule has 0 aromatic heterocycles. The van der Waals surface area contributed by atoms with Gasteiger partial charge in [-0.2, -0.15) is 0 Å². The van der Waals surface area contributed by atoms with E-state index in [-0.39, 0.29) is 27.3 Å². The summed E-state index contributed by atoms with van der Waals surface area (Å²) in [6.07, 6.45) is 0. The van der Waals surface area contributed by atoms with E-state index in [0.29, 0.717) is 5.69 Å². The first-order valence-corrected chi connectivity index (χ1v) is 10.2. The second-order valence-electron chi connectivity index (χ2n) is 6.69. The third-order valence-corrected chi connectivity index (χ3v) is 5.88. The van der Waals surface area contributed by atoms with Crippen molar-refractivity contribution in [2.75, 3.05) is 5.32 Å². The average Bonchev–Trinajstić information content (AvgIpc) is 2.66. The van der Waals surface area contributed by atoms with E-state index in [4.69, 9.17) is 0 Å². The van der Waals surface area contributed by atoms with Gasteiger partial charge in [-0.1, -0.05) is 13.8 Å². The topological polar surface area (TPSA) is 135 Å². The van der Waals surface area contributed by atoms with Crippen LogP contribution in [0.3, 0.4) is 0 Å². The first kappa shape index (κ1) is 22.0. The molecule has 0 radical (unpaired) electrons. The molecule has 9 nitrogen and oxygen atoms in total. The molecule has 2 aromatic carbocycles. The predicted octanol–water partition coefficient (Wildman–Crippen LogP) is 2.53. The summed E-state index contributed by atoms with van der Waals surface area (Å²) >= 11 is 0. The lowest BCUT2D eigenvalue weighted by Crippen LogP contribution is -2.46. The molecular formula is C19H21N3O6S. The SMILES string of the molecule is CC(=O)NC(C(=O)Nc1ccc(S(=O)(=O)c2ccc([N+](=O)[O-])cc2)cc1)C(C)C. The number of nitrogens with zero attached hydrogens (tertiary/aromatic N) is 1. The van der Waals surface area contributed by atoms with Gasteiger partial charge in [0.15, 0.2) is 0 Å². The van der Waals surface area contributed by atoms with Gasteiger partial charge in [0.25, 0.3) is 5.69 Å². The Labute approximate surface area is 168 Å². The summed E-state index contributed by atoms with van der Waals surface area (Å²) in [6, 6.07) is 9.38. The van der Waals surface area contributed by atoms with Crippen LogP contribution in [0.25, 0.3) is 0 Å². The van der Waals surface area contributed by atoms with E-state index in [2.05, 4.69) is 10.6 Å². The zero-order valence-corrected chi connectivity index (χ0v) is 16.9. The molecule has 10 heteroatoms. The van der Waals surface area contributed by atoms with Gasteiger partial charge >= 0.3 is 0 Å². The normalized spacial score (nSPS) is 12.3. The lowest BCUT2D eigenvalue weighted by Gasteiger charge is -2.21. The molecule has 154 valence electrons. The van der Waals surface area contributed by atoms with Crippen LogP contribution in [0.2, 0.25) is 0 Å². The van der Waals surface area contributed by atoms with Crippen molar-refractivity contribution < 1.29 is 22.9 Å². The molecule has 2 N–H and O–H groups in total. The van der Waals surface area contributed by atoms with E-state index in [1.165, 1.54) is 43.3 Å². The molecule has 0 saturated heterocycles. The standard InChI is InChI=1S/C19H21N3O6S/c1-12(2)18(20-13(3)23)19(24)21-14-4-8-16(9-5-14)29(27,28)17-10-6-15(7-11-17)22(25)26/h4-12,18H,1-3H3,(H,20,23)(H,21,24). The lowest BCUT2D eigenvalue weighted by atomic mass is 10.0. The van der Waals surface area contributed by atoms with Gasteiger partial charge in [-0.25, -0.2) is 8.42 Å². The third kappa shape index (κ3) is 5.38. The molecule has 1 atom stereocenters. The van der Waals surface area contributed by atoms with Crippen LogP contribution in [0.4, 0.5) is 11.4 Å². The van der Waals surface area contributed by atoms with Crippen LogP contribution < -0.4 is 10.6 Å². The van der Waals surface area contributed by atoms with Crippen molar-refractivity contribution in [3.8, 4) is 0 Å². The van der Waals surface area contributed by atoms with Gasteiger partial charge < -0.3 is 10.6 Å². The molecule has 0 bridgehead atoms. The molecule has 0 heterocycles. The Hall–Kier alpha value is -3.27. The number of benzene rings is 2. The molecule has 0 saturated carbocycles. The Balaban J connectivity index is 2.19. The number of nitro groups is 1. The maximum Gasteiger partial charge on any atom is 0.269 e. The highest BCUT2D eigenvalue weighted by Gasteiger charge is 2.23. The van der Waals surface area contributed by atoms with Crippen molar-refractivity contribution in [3.63, 3.8) is 0 Å². The number of carbonyl (C=O) groups is 2. The van der Waals surface area contributed by atoms with Crippen LogP contribution in [0.15, 0.2) is 58.3 Å². The monoisotopic (exact) mass is 419 g/mol. The van der Waals surface area contributed by atoms with E-state index < -0.39 is 26.7 Å². The smallest absolute Gasteiger partial charge is 0.269 e. The maximum atomic E-state index is 12.7. The first-order chi connectivity index (χ1) is 13.5. The molecule has 0 fully saturated rings. The number of non-ortho nitro benzene ring substituents is 1. The van der Waals surface area contributed by atoms with E-state index >= 15 is 0 Å². The van der Waals surface area contributed by atoms with E-state index in [1.54, 1.807) is 13.8 Å². The summed E-state index contributed by atoms with van der Waals surface area (Å²) in [5, 5.41) is 15.9. The van der Waals surface area contributed by atoms with Gasteiger partial charge in [0, 0.05) is 24.7 Å². The highest BCUT2D eigenvalue weighted by molar-refractivity contribution is 7.91. The van der Waals surface area contributed by atoms with Gasteiger partial charge in [-0.3, -0.25) is 19.7 Å². The first-order valence-electron chi connectivity index (χ1n) is 8.70. The van der Waals surface area contributed by atoms with Crippen LogP contribution in [-0.2, 0) is 19.4 Å². The molecule has 0 aliphatic rings. The largest absolute Gasteiger partial charge is 0.344 e. The van der Waals surface area contributed by atoms with Gasteiger partial charge in [0.1, 0.15) is 6.04 Å². The fraction of sp³-hybridized carbons (Fsp3) is 0.263. The number of nitrogens with one attached hydrogen (secondary N) is 2. The lowest BCUT2D eigenvalue weighted by molar-refractivity contribution is -0.384. The number of sulfone groups is 1.